The molecule has 2 rings (SSSR count). The number of nitrogens with one attached hydrogen (secondary N) is 1. The third-order valence-electron chi connectivity index (χ3n) is 4.51. The Kier molecular flexibility index (Phi) is 5.46. The van der Waals surface area contributed by atoms with Gasteiger partial charge >= 0.3 is 0 Å². The van der Waals surface area contributed by atoms with Crippen LogP contribution in [-0.4, -0.2) is 31.1 Å². The number of rotatable bonds is 6. The first-order valence-corrected chi connectivity index (χ1v) is 7.65. The minimum absolute atomic E-state index is 0.682. The van der Waals surface area contributed by atoms with Crippen LogP contribution in [0.1, 0.15) is 38.9 Å². The van der Waals surface area contributed by atoms with Crippen molar-refractivity contribution in [2.24, 2.45) is 11.8 Å². The Morgan fingerprint density at radius 2 is 2.26 bits per heavy atom. The van der Waals surface area contributed by atoms with Crippen LogP contribution in [0.2, 0.25) is 0 Å². The van der Waals surface area contributed by atoms with E-state index in [9.17, 15) is 0 Å². The molecule has 0 bridgehead atoms. The molecular weight excluding hydrogens is 236 g/mol. The normalized spacial score (nSPS) is 27.9. The fourth-order valence-corrected chi connectivity index (χ4v) is 3.34. The van der Waals surface area contributed by atoms with Gasteiger partial charge in [0.05, 0.1) is 12.8 Å². The Balaban J connectivity index is 1.91. The van der Waals surface area contributed by atoms with Gasteiger partial charge in [0.15, 0.2) is 0 Å². The lowest BCUT2D eigenvalue weighted by atomic mass is 9.78. The Bertz CT molecular complexity index is 350. The van der Waals surface area contributed by atoms with Gasteiger partial charge in [-0.3, -0.25) is 4.90 Å². The van der Waals surface area contributed by atoms with Crippen molar-refractivity contribution < 1.29 is 4.42 Å². The van der Waals surface area contributed by atoms with Crippen molar-refractivity contribution in [1.82, 2.24) is 10.2 Å². The second-order valence-corrected chi connectivity index (χ2v) is 5.98. The summed E-state index contributed by atoms with van der Waals surface area (Å²) < 4.78 is 5.47. The summed E-state index contributed by atoms with van der Waals surface area (Å²) in [6.07, 6.45) is 5.80. The molecule has 0 spiro atoms. The molecule has 0 aromatic carbocycles. The van der Waals surface area contributed by atoms with Crippen molar-refractivity contribution >= 4 is 0 Å². The van der Waals surface area contributed by atoms with E-state index in [1.54, 1.807) is 6.26 Å². The maximum atomic E-state index is 5.47. The Morgan fingerprint density at radius 1 is 1.42 bits per heavy atom. The van der Waals surface area contributed by atoms with E-state index in [2.05, 4.69) is 37.2 Å². The van der Waals surface area contributed by atoms with Crippen LogP contribution >= 0.6 is 0 Å². The monoisotopic (exact) mass is 264 g/mol. The largest absolute Gasteiger partial charge is 0.468 e. The number of nitrogens with zero attached hydrogens (tertiary/aromatic N) is 1. The summed E-state index contributed by atoms with van der Waals surface area (Å²) in [4.78, 5) is 2.51. The van der Waals surface area contributed by atoms with Crippen molar-refractivity contribution in [3.63, 3.8) is 0 Å². The standard InChI is InChI=1S/C16H28N2O/c1-4-18(12-15-6-5-9-19-15)11-14-10-13(2)7-8-16(14)17-3/h5-6,9,13-14,16-17H,4,7-8,10-12H2,1-3H3. The molecule has 19 heavy (non-hydrogen) atoms. The summed E-state index contributed by atoms with van der Waals surface area (Å²) in [5.41, 5.74) is 0. The molecule has 1 aromatic rings. The molecule has 108 valence electrons. The summed E-state index contributed by atoms with van der Waals surface area (Å²) in [5.74, 6) is 2.72. The number of hydrogen-bond donors (Lipinski definition) is 1. The minimum Gasteiger partial charge on any atom is -0.468 e. The van der Waals surface area contributed by atoms with E-state index in [0.29, 0.717) is 6.04 Å². The Hall–Kier alpha value is -0.800. The van der Waals surface area contributed by atoms with Gasteiger partial charge in [0.2, 0.25) is 0 Å². The van der Waals surface area contributed by atoms with E-state index in [0.717, 1.165) is 30.7 Å². The van der Waals surface area contributed by atoms with Gasteiger partial charge in [-0.25, -0.2) is 0 Å². The van der Waals surface area contributed by atoms with Crippen LogP contribution in [0.25, 0.3) is 0 Å². The topological polar surface area (TPSA) is 28.4 Å². The highest BCUT2D eigenvalue weighted by molar-refractivity contribution is 4.98. The van der Waals surface area contributed by atoms with E-state index >= 15 is 0 Å². The van der Waals surface area contributed by atoms with Crippen LogP contribution < -0.4 is 5.32 Å². The fraction of sp³-hybridized carbons (Fsp3) is 0.750. The molecule has 1 fully saturated rings. The summed E-state index contributed by atoms with van der Waals surface area (Å²) in [6.45, 7) is 7.82. The van der Waals surface area contributed by atoms with Crippen LogP contribution in [0.5, 0.6) is 0 Å². The average molecular weight is 264 g/mol. The molecule has 3 heteroatoms. The fourth-order valence-electron chi connectivity index (χ4n) is 3.34. The molecule has 0 saturated heterocycles. The first-order chi connectivity index (χ1) is 9.22. The summed E-state index contributed by atoms with van der Waals surface area (Å²) >= 11 is 0. The molecule has 1 aliphatic rings. The summed E-state index contributed by atoms with van der Waals surface area (Å²) in [7, 11) is 2.11. The summed E-state index contributed by atoms with van der Waals surface area (Å²) in [6, 6.07) is 4.73. The third-order valence-corrected chi connectivity index (χ3v) is 4.51. The van der Waals surface area contributed by atoms with Crippen LogP contribution in [-0.2, 0) is 6.54 Å². The molecule has 0 radical (unpaired) electrons. The lowest BCUT2D eigenvalue weighted by Gasteiger charge is -2.37. The molecule has 0 amide bonds. The van der Waals surface area contributed by atoms with Crippen LogP contribution in [0.15, 0.2) is 22.8 Å². The number of furan rings is 1. The van der Waals surface area contributed by atoms with Crippen molar-refractivity contribution in [2.45, 2.75) is 45.7 Å². The lowest BCUT2D eigenvalue weighted by molar-refractivity contribution is 0.142. The zero-order chi connectivity index (χ0) is 13.7. The molecular formula is C16H28N2O. The van der Waals surface area contributed by atoms with Gasteiger partial charge in [0, 0.05) is 12.6 Å². The van der Waals surface area contributed by atoms with E-state index < -0.39 is 0 Å². The molecule has 3 nitrogen and oxygen atoms in total. The number of hydrogen-bond acceptors (Lipinski definition) is 3. The van der Waals surface area contributed by atoms with Crippen molar-refractivity contribution in [1.29, 1.82) is 0 Å². The Morgan fingerprint density at radius 3 is 2.89 bits per heavy atom. The molecule has 1 saturated carbocycles. The van der Waals surface area contributed by atoms with Gasteiger partial charge in [0.25, 0.3) is 0 Å². The molecule has 3 unspecified atom stereocenters. The Labute approximate surface area is 117 Å². The molecule has 1 N–H and O–H groups in total. The zero-order valence-corrected chi connectivity index (χ0v) is 12.6. The van der Waals surface area contributed by atoms with Gasteiger partial charge < -0.3 is 9.73 Å². The van der Waals surface area contributed by atoms with Gasteiger partial charge in [0.1, 0.15) is 5.76 Å². The van der Waals surface area contributed by atoms with Gasteiger partial charge in [-0.05, 0) is 56.8 Å². The lowest BCUT2D eigenvalue weighted by Crippen LogP contribution is -2.44. The highest BCUT2D eigenvalue weighted by Crippen LogP contribution is 2.29. The SMILES string of the molecule is CCN(Cc1ccco1)CC1CC(C)CCC1NC. The molecule has 1 aromatic heterocycles. The van der Waals surface area contributed by atoms with Crippen LogP contribution in [0.3, 0.4) is 0 Å². The smallest absolute Gasteiger partial charge is 0.117 e. The van der Waals surface area contributed by atoms with E-state index in [1.807, 2.05) is 6.07 Å². The quantitative estimate of drug-likeness (QED) is 0.855. The second-order valence-electron chi connectivity index (χ2n) is 5.98. The van der Waals surface area contributed by atoms with Crippen LogP contribution in [0, 0.1) is 11.8 Å². The molecule has 1 heterocycles. The second kappa shape index (κ2) is 7.11. The maximum absolute atomic E-state index is 5.47. The molecule has 0 aliphatic heterocycles. The zero-order valence-electron chi connectivity index (χ0n) is 12.6. The van der Waals surface area contributed by atoms with Gasteiger partial charge in [-0.2, -0.15) is 0 Å². The first-order valence-electron chi connectivity index (χ1n) is 7.65. The first kappa shape index (κ1) is 14.6. The minimum atomic E-state index is 0.682. The van der Waals surface area contributed by atoms with Crippen molar-refractivity contribution in [3.8, 4) is 0 Å². The maximum Gasteiger partial charge on any atom is 0.117 e. The van der Waals surface area contributed by atoms with Gasteiger partial charge in [-0.1, -0.05) is 13.8 Å². The van der Waals surface area contributed by atoms with E-state index in [1.165, 1.54) is 25.8 Å². The van der Waals surface area contributed by atoms with E-state index in [4.69, 9.17) is 4.42 Å². The van der Waals surface area contributed by atoms with Crippen molar-refractivity contribution in [3.05, 3.63) is 24.2 Å². The third kappa shape index (κ3) is 4.08. The average Bonchev–Trinajstić information content (AvgIpc) is 2.91. The highest BCUT2D eigenvalue weighted by Gasteiger charge is 2.28. The molecule has 1 aliphatic carbocycles. The molecule has 3 atom stereocenters. The van der Waals surface area contributed by atoms with Gasteiger partial charge in [-0.15, -0.1) is 0 Å². The highest BCUT2D eigenvalue weighted by atomic mass is 16.3. The van der Waals surface area contributed by atoms with Crippen LogP contribution in [0.4, 0.5) is 0 Å². The summed E-state index contributed by atoms with van der Waals surface area (Å²) in [5, 5.41) is 3.51. The predicted octanol–water partition coefficient (Wildman–Crippen LogP) is 3.13. The predicted molar refractivity (Wildman–Crippen MR) is 79.0 cm³/mol. The van der Waals surface area contributed by atoms with Crippen molar-refractivity contribution in [2.75, 3.05) is 20.1 Å². The van der Waals surface area contributed by atoms with E-state index in [-0.39, 0.29) is 0 Å².